The molecule has 8 heteroatoms. The summed E-state index contributed by atoms with van der Waals surface area (Å²) in [6.07, 6.45) is 2.19. The fraction of sp³-hybridized carbons (Fsp3) is 0.227. The number of hydrogen-bond donors (Lipinski definition) is 1. The Hall–Kier alpha value is -3.32. The molecular weight excluding hydrogens is 408 g/mol. The largest absolute Gasteiger partial charge is 0.491 e. The Bertz CT molecular complexity index is 1030. The highest BCUT2D eigenvalue weighted by molar-refractivity contribution is 6.39. The van der Waals surface area contributed by atoms with Crippen molar-refractivity contribution in [1.82, 2.24) is 5.32 Å². The second-order valence-corrected chi connectivity index (χ2v) is 6.85. The highest BCUT2D eigenvalue weighted by Gasteiger charge is 2.36. The second-order valence-electron chi connectivity index (χ2n) is 6.44. The lowest BCUT2D eigenvalue weighted by Crippen LogP contribution is -2.54. The molecule has 1 saturated heterocycles. The van der Waals surface area contributed by atoms with Crippen molar-refractivity contribution in [2.45, 2.75) is 20.3 Å². The average molecular weight is 429 g/mol. The zero-order valence-corrected chi connectivity index (χ0v) is 17.6. The summed E-state index contributed by atoms with van der Waals surface area (Å²) in [6.45, 7) is 4.19. The quantitative estimate of drug-likeness (QED) is 0.555. The molecule has 7 nitrogen and oxygen atoms in total. The number of carbonyl (C=O) groups is 3. The number of imide groups is 2. The number of methoxy groups -OCH3 is 1. The minimum atomic E-state index is -0.797. The molecule has 0 aliphatic carbocycles. The highest BCUT2D eigenvalue weighted by Crippen LogP contribution is 2.37. The number of amides is 4. The van der Waals surface area contributed by atoms with Gasteiger partial charge in [-0.15, -0.1) is 0 Å². The van der Waals surface area contributed by atoms with Gasteiger partial charge in [-0.3, -0.25) is 14.9 Å². The summed E-state index contributed by atoms with van der Waals surface area (Å²) in [6, 6.07) is 9.35. The van der Waals surface area contributed by atoms with E-state index in [1.54, 1.807) is 24.3 Å². The molecule has 0 saturated carbocycles. The van der Waals surface area contributed by atoms with Crippen LogP contribution in [-0.2, 0) is 16.0 Å². The zero-order chi connectivity index (χ0) is 21.8. The normalized spacial score (nSPS) is 15.4. The van der Waals surface area contributed by atoms with Crippen LogP contribution in [-0.4, -0.2) is 31.6 Å². The van der Waals surface area contributed by atoms with Gasteiger partial charge in [-0.05, 0) is 54.8 Å². The van der Waals surface area contributed by atoms with Gasteiger partial charge in [0.1, 0.15) is 5.57 Å². The molecule has 2 aromatic rings. The van der Waals surface area contributed by atoms with Crippen LogP contribution in [0.3, 0.4) is 0 Å². The van der Waals surface area contributed by atoms with Crippen molar-refractivity contribution in [3.63, 3.8) is 0 Å². The first-order chi connectivity index (χ1) is 14.4. The van der Waals surface area contributed by atoms with E-state index >= 15 is 0 Å². The van der Waals surface area contributed by atoms with Crippen LogP contribution in [0.2, 0.25) is 5.02 Å². The minimum absolute atomic E-state index is 0.196. The van der Waals surface area contributed by atoms with Gasteiger partial charge in [-0.25, -0.2) is 9.69 Å². The van der Waals surface area contributed by atoms with Crippen molar-refractivity contribution in [2.75, 3.05) is 18.6 Å². The summed E-state index contributed by atoms with van der Waals surface area (Å²) in [5.74, 6) is -0.770. The van der Waals surface area contributed by atoms with Gasteiger partial charge in [0, 0.05) is 0 Å². The van der Waals surface area contributed by atoms with Gasteiger partial charge in [-0.2, -0.15) is 0 Å². The van der Waals surface area contributed by atoms with Crippen molar-refractivity contribution >= 4 is 41.2 Å². The summed E-state index contributed by atoms with van der Waals surface area (Å²) in [5, 5.41) is 2.47. The van der Waals surface area contributed by atoms with E-state index in [1.807, 2.05) is 26.0 Å². The van der Waals surface area contributed by atoms with Crippen LogP contribution in [0.5, 0.6) is 11.5 Å². The van der Waals surface area contributed by atoms with E-state index in [0.29, 0.717) is 29.4 Å². The molecule has 2 aromatic carbocycles. The molecule has 0 aromatic heterocycles. The molecule has 0 spiro atoms. The van der Waals surface area contributed by atoms with Gasteiger partial charge >= 0.3 is 6.03 Å². The molecule has 0 bridgehead atoms. The number of nitrogens with zero attached hydrogens (tertiary/aromatic N) is 1. The molecule has 156 valence electrons. The molecule has 3 rings (SSSR count). The van der Waals surface area contributed by atoms with Gasteiger partial charge in [0.15, 0.2) is 11.5 Å². The zero-order valence-electron chi connectivity index (χ0n) is 16.8. The Labute approximate surface area is 179 Å². The lowest BCUT2D eigenvalue weighted by molar-refractivity contribution is -0.122. The van der Waals surface area contributed by atoms with Gasteiger partial charge in [0.2, 0.25) is 0 Å². The Morgan fingerprint density at radius 2 is 1.80 bits per heavy atom. The molecule has 0 unspecified atom stereocenters. The van der Waals surface area contributed by atoms with Crippen molar-refractivity contribution in [1.29, 1.82) is 0 Å². The van der Waals surface area contributed by atoms with E-state index in [0.717, 1.165) is 16.9 Å². The Morgan fingerprint density at radius 1 is 1.10 bits per heavy atom. The van der Waals surface area contributed by atoms with E-state index in [-0.39, 0.29) is 10.6 Å². The van der Waals surface area contributed by atoms with E-state index < -0.39 is 17.8 Å². The molecule has 1 aliphatic heterocycles. The van der Waals surface area contributed by atoms with Crippen LogP contribution < -0.4 is 19.7 Å². The SMILES string of the molecule is CCOc1cc(/C=C2/C(=O)NC(=O)N(c3ccc(CC)cc3)C2=O)cc(Cl)c1OC. The lowest BCUT2D eigenvalue weighted by Gasteiger charge is -2.26. The smallest absolute Gasteiger partial charge is 0.335 e. The van der Waals surface area contributed by atoms with Gasteiger partial charge < -0.3 is 9.47 Å². The summed E-state index contributed by atoms with van der Waals surface area (Å²) in [7, 11) is 1.47. The van der Waals surface area contributed by atoms with Crippen LogP contribution in [0.4, 0.5) is 10.5 Å². The molecule has 1 fully saturated rings. The molecule has 1 N–H and O–H groups in total. The number of rotatable bonds is 6. The van der Waals surface area contributed by atoms with E-state index in [4.69, 9.17) is 21.1 Å². The Kier molecular flexibility index (Phi) is 6.42. The third kappa shape index (κ3) is 4.16. The first-order valence-electron chi connectivity index (χ1n) is 9.40. The number of urea groups is 1. The predicted molar refractivity (Wildman–Crippen MR) is 114 cm³/mol. The van der Waals surface area contributed by atoms with Crippen LogP contribution in [0.1, 0.15) is 25.0 Å². The van der Waals surface area contributed by atoms with Gasteiger partial charge in [-0.1, -0.05) is 30.7 Å². The number of anilines is 1. The topological polar surface area (TPSA) is 84.9 Å². The molecular formula is C22H21ClN2O5. The van der Waals surface area contributed by atoms with Gasteiger partial charge in [0.05, 0.1) is 24.4 Å². The standard InChI is InChI=1S/C22H21ClN2O5/c1-4-13-6-8-15(9-7-13)25-21(27)16(20(26)24-22(25)28)10-14-11-17(23)19(29-3)18(12-14)30-5-2/h6-12H,4-5H2,1-3H3,(H,24,26,28)/b16-10-. The fourth-order valence-electron chi connectivity index (χ4n) is 3.07. The molecule has 1 heterocycles. The third-order valence-corrected chi connectivity index (χ3v) is 4.83. The maximum absolute atomic E-state index is 13.0. The third-order valence-electron chi connectivity index (χ3n) is 4.55. The van der Waals surface area contributed by atoms with Crippen molar-refractivity contribution in [3.8, 4) is 11.5 Å². The molecule has 30 heavy (non-hydrogen) atoms. The van der Waals surface area contributed by atoms with Crippen LogP contribution in [0.25, 0.3) is 6.08 Å². The average Bonchev–Trinajstić information content (AvgIpc) is 2.71. The van der Waals surface area contributed by atoms with E-state index in [1.165, 1.54) is 13.2 Å². The number of benzene rings is 2. The fourth-order valence-corrected chi connectivity index (χ4v) is 3.37. The summed E-state index contributed by atoms with van der Waals surface area (Å²) in [4.78, 5) is 38.7. The van der Waals surface area contributed by atoms with Crippen LogP contribution in [0.15, 0.2) is 42.0 Å². The van der Waals surface area contributed by atoms with Crippen LogP contribution >= 0.6 is 11.6 Å². The Balaban J connectivity index is 2.02. The number of ether oxygens (including phenoxy) is 2. The number of halogens is 1. The number of aryl methyl sites for hydroxylation is 1. The number of carbonyl (C=O) groups excluding carboxylic acids is 3. The van der Waals surface area contributed by atoms with Crippen LogP contribution in [0, 0.1) is 0 Å². The summed E-state index contributed by atoms with van der Waals surface area (Å²) < 4.78 is 10.8. The highest BCUT2D eigenvalue weighted by atomic mass is 35.5. The number of barbiturate groups is 1. The first kappa shape index (κ1) is 21.4. The first-order valence-corrected chi connectivity index (χ1v) is 9.78. The predicted octanol–water partition coefficient (Wildman–Crippen LogP) is 3.98. The lowest BCUT2D eigenvalue weighted by atomic mass is 10.1. The van der Waals surface area contributed by atoms with Crippen molar-refractivity contribution in [2.24, 2.45) is 0 Å². The molecule has 0 atom stereocenters. The maximum atomic E-state index is 13.0. The van der Waals surface area contributed by atoms with Crippen molar-refractivity contribution in [3.05, 3.63) is 58.1 Å². The van der Waals surface area contributed by atoms with E-state index in [2.05, 4.69) is 5.32 Å². The molecule has 4 amide bonds. The monoisotopic (exact) mass is 428 g/mol. The van der Waals surface area contributed by atoms with E-state index in [9.17, 15) is 14.4 Å². The number of hydrogen-bond acceptors (Lipinski definition) is 5. The molecule has 1 aliphatic rings. The van der Waals surface area contributed by atoms with Gasteiger partial charge in [0.25, 0.3) is 11.8 Å². The minimum Gasteiger partial charge on any atom is -0.491 e. The number of nitrogens with one attached hydrogen (secondary N) is 1. The second kappa shape index (κ2) is 9.00. The van der Waals surface area contributed by atoms with Crippen molar-refractivity contribution < 1.29 is 23.9 Å². The summed E-state index contributed by atoms with van der Waals surface area (Å²) >= 11 is 6.25. The molecule has 0 radical (unpaired) electrons. The summed E-state index contributed by atoms with van der Waals surface area (Å²) in [5.41, 5.74) is 1.69. The maximum Gasteiger partial charge on any atom is 0.335 e. The Morgan fingerprint density at radius 3 is 2.40 bits per heavy atom.